The second-order valence-corrected chi connectivity index (χ2v) is 4.98. The number of rotatable bonds is 2. The number of morpholine rings is 1. The zero-order valence-corrected chi connectivity index (χ0v) is 11.0. The molecule has 2 unspecified atom stereocenters. The Bertz CT molecular complexity index is 571. The number of amides is 1. The third kappa shape index (κ3) is 2.02. The van der Waals surface area contributed by atoms with E-state index in [1.54, 1.807) is 13.1 Å². The van der Waals surface area contributed by atoms with Crippen molar-refractivity contribution in [2.24, 2.45) is 0 Å². The third-order valence-corrected chi connectivity index (χ3v) is 3.78. The van der Waals surface area contributed by atoms with Crippen molar-refractivity contribution in [1.29, 1.82) is 0 Å². The summed E-state index contributed by atoms with van der Waals surface area (Å²) in [6, 6.07) is 4.91. The van der Waals surface area contributed by atoms with Crippen LogP contribution in [-0.4, -0.2) is 48.2 Å². The van der Waals surface area contributed by atoms with Gasteiger partial charge in [-0.05, 0) is 23.3 Å². The first-order valence-corrected chi connectivity index (χ1v) is 6.43. The molecule has 1 N–H and O–H groups in total. The minimum atomic E-state index is -1.06. The van der Waals surface area contributed by atoms with Crippen LogP contribution in [0, 0.1) is 0 Å². The maximum atomic E-state index is 11.8. The topological polar surface area (TPSA) is 76.1 Å². The average molecular weight is 277 g/mol. The lowest BCUT2D eigenvalue weighted by atomic mass is 9.96. The highest BCUT2D eigenvalue weighted by atomic mass is 16.5. The van der Waals surface area contributed by atoms with E-state index in [0.29, 0.717) is 6.61 Å². The molecule has 6 nitrogen and oxygen atoms in total. The summed E-state index contributed by atoms with van der Waals surface area (Å²) in [5, 5.41) is 9.28. The van der Waals surface area contributed by atoms with Gasteiger partial charge in [-0.1, -0.05) is 6.07 Å². The zero-order valence-electron chi connectivity index (χ0n) is 11.0. The molecule has 2 heterocycles. The van der Waals surface area contributed by atoms with Crippen LogP contribution in [0.25, 0.3) is 0 Å². The number of ether oxygens (including phenoxy) is 2. The molecule has 1 saturated heterocycles. The van der Waals surface area contributed by atoms with Crippen LogP contribution in [0.3, 0.4) is 0 Å². The van der Waals surface area contributed by atoms with Gasteiger partial charge in [0, 0.05) is 13.5 Å². The van der Waals surface area contributed by atoms with Gasteiger partial charge in [0.15, 0.2) is 6.10 Å². The summed E-state index contributed by atoms with van der Waals surface area (Å²) in [7, 11) is 1.61. The highest BCUT2D eigenvalue weighted by Gasteiger charge is 2.40. The number of carbonyl (C=O) groups is 2. The van der Waals surface area contributed by atoms with E-state index < -0.39 is 18.1 Å². The summed E-state index contributed by atoms with van der Waals surface area (Å²) in [5.41, 5.74) is 1.80. The molecular weight excluding hydrogens is 262 g/mol. The number of fused-ring (bicyclic) bond motifs is 1. The Morgan fingerprint density at radius 1 is 1.45 bits per heavy atom. The van der Waals surface area contributed by atoms with Crippen LogP contribution in [0.1, 0.15) is 17.2 Å². The van der Waals surface area contributed by atoms with E-state index in [9.17, 15) is 14.7 Å². The van der Waals surface area contributed by atoms with Crippen molar-refractivity contribution in [3.05, 3.63) is 29.3 Å². The molecule has 106 valence electrons. The van der Waals surface area contributed by atoms with Crippen molar-refractivity contribution in [1.82, 2.24) is 4.90 Å². The van der Waals surface area contributed by atoms with Gasteiger partial charge >= 0.3 is 5.97 Å². The molecule has 20 heavy (non-hydrogen) atoms. The van der Waals surface area contributed by atoms with E-state index in [1.807, 2.05) is 12.1 Å². The molecule has 3 rings (SSSR count). The quantitative estimate of drug-likeness (QED) is 0.857. The Kier molecular flexibility index (Phi) is 3.10. The summed E-state index contributed by atoms with van der Waals surface area (Å²) >= 11 is 0. The van der Waals surface area contributed by atoms with Gasteiger partial charge in [0.25, 0.3) is 0 Å². The predicted molar refractivity (Wildman–Crippen MR) is 68.5 cm³/mol. The largest absolute Gasteiger partial charge is 0.493 e. The number of likely N-dealkylation sites (N-methyl/N-ethyl adjacent to an activating group) is 1. The van der Waals surface area contributed by atoms with E-state index >= 15 is 0 Å². The summed E-state index contributed by atoms with van der Waals surface area (Å²) < 4.78 is 10.6. The average Bonchev–Trinajstić information content (AvgIpc) is 2.88. The van der Waals surface area contributed by atoms with Gasteiger partial charge < -0.3 is 19.5 Å². The number of nitrogens with zero attached hydrogens (tertiary/aromatic N) is 1. The van der Waals surface area contributed by atoms with Crippen LogP contribution in [0.15, 0.2) is 18.2 Å². The fourth-order valence-electron chi connectivity index (χ4n) is 2.71. The van der Waals surface area contributed by atoms with Crippen LogP contribution in [0.2, 0.25) is 0 Å². The maximum Gasteiger partial charge on any atom is 0.335 e. The van der Waals surface area contributed by atoms with Crippen LogP contribution in [0.4, 0.5) is 0 Å². The number of benzene rings is 1. The molecule has 0 radical (unpaired) electrons. The molecule has 1 aromatic carbocycles. The molecule has 0 saturated carbocycles. The van der Waals surface area contributed by atoms with Crippen molar-refractivity contribution in [3.63, 3.8) is 0 Å². The van der Waals surface area contributed by atoms with Gasteiger partial charge in [0.1, 0.15) is 12.4 Å². The fourth-order valence-corrected chi connectivity index (χ4v) is 2.71. The number of hydrogen-bond acceptors (Lipinski definition) is 4. The molecule has 0 aromatic heterocycles. The van der Waals surface area contributed by atoms with Gasteiger partial charge in [-0.15, -0.1) is 0 Å². The lowest BCUT2D eigenvalue weighted by Crippen LogP contribution is -2.50. The van der Waals surface area contributed by atoms with Gasteiger partial charge in [-0.3, -0.25) is 4.79 Å². The van der Waals surface area contributed by atoms with Gasteiger partial charge in [-0.25, -0.2) is 4.79 Å². The van der Waals surface area contributed by atoms with Crippen LogP contribution >= 0.6 is 0 Å². The molecule has 0 bridgehead atoms. The second kappa shape index (κ2) is 4.79. The first-order chi connectivity index (χ1) is 9.58. The molecule has 1 aromatic rings. The van der Waals surface area contributed by atoms with E-state index in [-0.39, 0.29) is 12.5 Å². The van der Waals surface area contributed by atoms with Crippen molar-refractivity contribution in [3.8, 4) is 5.75 Å². The highest BCUT2D eigenvalue weighted by molar-refractivity contribution is 5.82. The van der Waals surface area contributed by atoms with Crippen LogP contribution in [0.5, 0.6) is 5.75 Å². The molecule has 1 fully saturated rings. The molecule has 2 aliphatic heterocycles. The van der Waals surface area contributed by atoms with Crippen LogP contribution in [-0.2, 0) is 20.7 Å². The first kappa shape index (κ1) is 12.9. The summed E-state index contributed by atoms with van der Waals surface area (Å²) in [4.78, 5) is 24.5. The SMILES string of the molecule is CN1C(=O)COC(C(=O)O)C1c1ccc2c(c1)CCO2. The van der Waals surface area contributed by atoms with Crippen molar-refractivity contribution in [2.45, 2.75) is 18.6 Å². The second-order valence-electron chi connectivity index (χ2n) is 4.98. The molecule has 2 aliphatic rings. The van der Waals surface area contributed by atoms with Crippen LogP contribution < -0.4 is 4.74 Å². The number of hydrogen-bond donors (Lipinski definition) is 1. The Morgan fingerprint density at radius 2 is 2.25 bits per heavy atom. The first-order valence-electron chi connectivity index (χ1n) is 6.43. The molecule has 0 aliphatic carbocycles. The van der Waals surface area contributed by atoms with Gasteiger partial charge in [-0.2, -0.15) is 0 Å². The number of carboxylic acid groups (broad SMARTS) is 1. The summed E-state index contributed by atoms with van der Waals surface area (Å²) in [6.07, 6.45) is -0.246. The minimum Gasteiger partial charge on any atom is -0.493 e. The zero-order chi connectivity index (χ0) is 14.3. The van der Waals surface area contributed by atoms with Crippen molar-refractivity contribution >= 4 is 11.9 Å². The summed E-state index contributed by atoms with van der Waals surface area (Å²) in [6.45, 7) is 0.440. The standard InChI is InChI=1S/C14H15NO5/c1-15-11(16)7-20-13(14(17)18)12(15)9-2-3-10-8(6-9)4-5-19-10/h2-3,6,12-13H,4-5,7H2,1H3,(H,17,18). The molecular formula is C14H15NO5. The summed E-state index contributed by atoms with van der Waals surface area (Å²) in [5.74, 6) is -0.457. The maximum absolute atomic E-state index is 11.8. The van der Waals surface area contributed by atoms with E-state index in [1.165, 1.54) is 4.90 Å². The fraction of sp³-hybridized carbons (Fsp3) is 0.429. The highest BCUT2D eigenvalue weighted by Crippen LogP contribution is 2.34. The lowest BCUT2D eigenvalue weighted by Gasteiger charge is -2.37. The smallest absolute Gasteiger partial charge is 0.335 e. The van der Waals surface area contributed by atoms with Gasteiger partial charge in [0.05, 0.1) is 12.6 Å². The predicted octanol–water partition coefficient (Wildman–Crippen LogP) is 0.604. The van der Waals surface area contributed by atoms with E-state index in [4.69, 9.17) is 9.47 Å². The van der Waals surface area contributed by atoms with E-state index in [0.717, 1.165) is 23.3 Å². The van der Waals surface area contributed by atoms with Gasteiger partial charge in [0.2, 0.25) is 5.91 Å². The number of carboxylic acids is 1. The van der Waals surface area contributed by atoms with E-state index in [2.05, 4.69) is 0 Å². The third-order valence-electron chi connectivity index (χ3n) is 3.78. The monoisotopic (exact) mass is 277 g/mol. The Labute approximate surface area is 115 Å². The lowest BCUT2D eigenvalue weighted by molar-refractivity contribution is -0.171. The van der Waals surface area contributed by atoms with Crippen molar-refractivity contribution in [2.75, 3.05) is 20.3 Å². The molecule has 6 heteroatoms. The molecule has 0 spiro atoms. The Balaban J connectivity index is 1.99. The van der Waals surface area contributed by atoms with Crippen molar-refractivity contribution < 1.29 is 24.2 Å². The molecule has 2 atom stereocenters. The number of carbonyl (C=O) groups excluding carboxylic acids is 1. The minimum absolute atomic E-state index is 0.196. The Hall–Kier alpha value is -2.08. The Morgan fingerprint density at radius 3 is 3.00 bits per heavy atom. The normalized spacial score (nSPS) is 25.2. The molecule has 1 amide bonds. The number of aliphatic carboxylic acids is 1.